The molecule has 0 unspecified atom stereocenters. The van der Waals surface area contributed by atoms with Crippen LogP contribution in [-0.2, 0) is 0 Å². The molecule has 8 heteroatoms. The standard InChI is InChI=1S/C18H20N4O4/c1-20(2)15-9-8-12(11-16(15)22(25)26)17(23)19-14-7-5-6-13(10-14)18(24)21(3)4/h5-11H,1-4H3,(H,19,23). The molecular formula is C18H20N4O4. The molecule has 2 aromatic rings. The smallest absolute Gasteiger partial charge is 0.293 e. The van der Waals surface area contributed by atoms with E-state index in [2.05, 4.69) is 5.32 Å². The summed E-state index contributed by atoms with van der Waals surface area (Å²) in [6.45, 7) is 0. The molecule has 0 atom stereocenters. The lowest BCUT2D eigenvalue weighted by atomic mass is 10.1. The average Bonchev–Trinajstić information content (AvgIpc) is 2.60. The normalized spacial score (nSPS) is 10.2. The number of rotatable bonds is 5. The van der Waals surface area contributed by atoms with Gasteiger partial charge < -0.3 is 15.1 Å². The van der Waals surface area contributed by atoms with Crippen LogP contribution in [0.2, 0.25) is 0 Å². The van der Waals surface area contributed by atoms with Gasteiger partial charge in [-0.3, -0.25) is 19.7 Å². The summed E-state index contributed by atoms with van der Waals surface area (Å²) < 4.78 is 0. The number of hydrogen-bond donors (Lipinski definition) is 1. The van der Waals surface area contributed by atoms with Crippen LogP contribution >= 0.6 is 0 Å². The van der Waals surface area contributed by atoms with Gasteiger partial charge in [-0.15, -0.1) is 0 Å². The van der Waals surface area contributed by atoms with E-state index in [0.29, 0.717) is 16.9 Å². The molecule has 0 aromatic heterocycles. The third-order valence-electron chi connectivity index (χ3n) is 3.69. The Balaban J connectivity index is 2.28. The number of nitrogens with one attached hydrogen (secondary N) is 1. The van der Waals surface area contributed by atoms with Gasteiger partial charge in [0.2, 0.25) is 0 Å². The topological polar surface area (TPSA) is 95.8 Å². The van der Waals surface area contributed by atoms with Crippen LogP contribution in [0.1, 0.15) is 20.7 Å². The second-order valence-corrected chi connectivity index (χ2v) is 6.09. The van der Waals surface area contributed by atoms with E-state index in [0.717, 1.165) is 0 Å². The van der Waals surface area contributed by atoms with E-state index in [9.17, 15) is 19.7 Å². The summed E-state index contributed by atoms with van der Waals surface area (Å²) in [5, 5.41) is 13.9. The number of amides is 2. The zero-order valence-electron chi connectivity index (χ0n) is 15.0. The van der Waals surface area contributed by atoms with Crippen molar-refractivity contribution in [2.24, 2.45) is 0 Å². The maximum absolute atomic E-state index is 12.4. The van der Waals surface area contributed by atoms with E-state index in [1.807, 2.05) is 0 Å². The number of nitro groups is 1. The second kappa shape index (κ2) is 7.64. The number of carbonyl (C=O) groups excluding carboxylic acids is 2. The molecule has 2 rings (SSSR count). The van der Waals surface area contributed by atoms with Crippen LogP contribution in [0.25, 0.3) is 0 Å². The van der Waals surface area contributed by atoms with Crippen molar-refractivity contribution in [3.05, 3.63) is 63.7 Å². The summed E-state index contributed by atoms with van der Waals surface area (Å²) in [5.41, 5.74) is 1.28. The van der Waals surface area contributed by atoms with Gasteiger partial charge in [-0.25, -0.2) is 0 Å². The van der Waals surface area contributed by atoms with Crippen molar-refractivity contribution in [3.63, 3.8) is 0 Å². The predicted molar refractivity (Wildman–Crippen MR) is 99.8 cm³/mol. The highest BCUT2D eigenvalue weighted by molar-refractivity contribution is 6.05. The van der Waals surface area contributed by atoms with Gasteiger partial charge in [0.05, 0.1) is 4.92 Å². The summed E-state index contributed by atoms with van der Waals surface area (Å²) in [6, 6.07) is 10.8. The Morgan fingerprint density at radius 2 is 1.69 bits per heavy atom. The van der Waals surface area contributed by atoms with Crippen molar-refractivity contribution >= 4 is 28.9 Å². The van der Waals surface area contributed by atoms with Crippen LogP contribution < -0.4 is 10.2 Å². The Hall–Kier alpha value is -3.42. The fraction of sp³-hybridized carbons (Fsp3) is 0.222. The number of carbonyl (C=O) groups is 2. The summed E-state index contributed by atoms with van der Waals surface area (Å²) in [4.78, 5) is 38.2. The lowest BCUT2D eigenvalue weighted by Gasteiger charge is -2.14. The van der Waals surface area contributed by atoms with Crippen LogP contribution in [0.5, 0.6) is 0 Å². The van der Waals surface area contributed by atoms with E-state index in [1.54, 1.807) is 57.4 Å². The first-order chi connectivity index (χ1) is 12.2. The molecule has 0 aliphatic rings. The minimum atomic E-state index is -0.525. The molecule has 0 fully saturated rings. The Morgan fingerprint density at radius 3 is 2.27 bits per heavy atom. The largest absolute Gasteiger partial charge is 0.372 e. The van der Waals surface area contributed by atoms with Gasteiger partial charge in [0.15, 0.2) is 0 Å². The van der Waals surface area contributed by atoms with E-state index < -0.39 is 10.8 Å². The van der Waals surface area contributed by atoms with Gasteiger partial charge in [-0.1, -0.05) is 6.07 Å². The first kappa shape index (κ1) is 18.9. The minimum Gasteiger partial charge on any atom is -0.372 e. The molecule has 0 heterocycles. The second-order valence-electron chi connectivity index (χ2n) is 6.09. The fourth-order valence-corrected chi connectivity index (χ4v) is 2.38. The number of nitrogens with zero attached hydrogens (tertiary/aromatic N) is 3. The monoisotopic (exact) mass is 356 g/mol. The molecule has 0 aliphatic heterocycles. The molecule has 0 radical (unpaired) electrons. The van der Waals surface area contributed by atoms with Crippen LogP contribution in [0.3, 0.4) is 0 Å². The van der Waals surface area contributed by atoms with Crippen molar-refractivity contribution in [2.45, 2.75) is 0 Å². The van der Waals surface area contributed by atoms with E-state index in [4.69, 9.17) is 0 Å². The summed E-state index contributed by atoms with van der Waals surface area (Å²) >= 11 is 0. The number of nitro benzene ring substituents is 1. The quantitative estimate of drug-likeness (QED) is 0.656. The maximum Gasteiger partial charge on any atom is 0.293 e. The summed E-state index contributed by atoms with van der Waals surface area (Å²) in [5.74, 6) is -0.681. The van der Waals surface area contributed by atoms with Crippen LogP contribution in [-0.4, -0.2) is 49.8 Å². The molecule has 26 heavy (non-hydrogen) atoms. The number of hydrogen-bond acceptors (Lipinski definition) is 5. The Labute approximate surface area is 151 Å². The van der Waals surface area contributed by atoms with Crippen molar-refractivity contribution in [1.82, 2.24) is 4.90 Å². The van der Waals surface area contributed by atoms with Crippen molar-refractivity contribution in [3.8, 4) is 0 Å². The number of anilines is 2. The lowest BCUT2D eigenvalue weighted by Crippen LogP contribution is -2.22. The molecular weight excluding hydrogens is 336 g/mol. The SMILES string of the molecule is CN(C)C(=O)c1cccc(NC(=O)c2ccc(N(C)C)c([N+](=O)[O-])c2)c1. The highest BCUT2D eigenvalue weighted by Crippen LogP contribution is 2.28. The summed E-state index contributed by atoms with van der Waals surface area (Å²) in [6.07, 6.45) is 0. The van der Waals surface area contributed by atoms with Crippen molar-refractivity contribution in [2.75, 3.05) is 38.4 Å². The molecule has 0 spiro atoms. The zero-order valence-corrected chi connectivity index (χ0v) is 15.0. The molecule has 136 valence electrons. The highest BCUT2D eigenvalue weighted by Gasteiger charge is 2.19. The molecule has 8 nitrogen and oxygen atoms in total. The van der Waals surface area contributed by atoms with Crippen molar-refractivity contribution < 1.29 is 14.5 Å². The summed E-state index contributed by atoms with van der Waals surface area (Å²) in [7, 11) is 6.66. The molecule has 0 saturated heterocycles. The maximum atomic E-state index is 12.4. The molecule has 0 bridgehead atoms. The van der Waals surface area contributed by atoms with Crippen LogP contribution in [0, 0.1) is 10.1 Å². The van der Waals surface area contributed by atoms with Gasteiger partial charge in [-0.05, 0) is 30.3 Å². The highest BCUT2D eigenvalue weighted by atomic mass is 16.6. The predicted octanol–water partition coefficient (Wildman–Crippen LogP) is 2.61. The van der Waals surface area contributed by atoms with Crippen molar-refractivity contribution in [1.29, 1.82) is 0 Å². The van der Waals surface area contributed by atoms with Gasteiger partial charge >= 0.3 is 0 Å². The van der Waals surface area contributed by atoms with Gasteiger partial charge in [-0.2, -0.15) is 0 Å². The molecule has 2 aromatic carbocycles. The van der Waals surface area contributed by atoms with Gasteiger partial charge in [0.25, 0.3) is 17.5 Å². The van der Waals surface area contributed by atoms with E-state index >= 15 is 0 Å². The third kappa shape index (κ3) is 4.15. The first-order valence-electron chi connectivity index (χ1n) is 7.79. The zero-order chi connectivity index (χ0) is 19.4. The molecule has 2 amide bonds. The number of benzene rings is 2. The molecule has 1 N–H and O–H groups in total. The Morgan fingerprint density at radius 1 is 1.00 bits per heavy atom. The lowest BCUT2D eigenvalue weighted by molar-refractivity contribution is -0.384. The van der Waals surface area contributed by atoms with Crippen LogP contribution in [0.4, 0.5) is 17.1 Å². The first-order valence-corrected chi connectivity index (χ1v) is 7.79. The Bertz CT molecular complexity index is 862. The molecule has 0 aliphatic carbocycles. The van der Waals surface area contributed by atoms with E-state index in [-0.39, 0.29) is 17.2 Å². The molecule has 0 saturated carbocycles. The van der Waals surface area contributed by atoms with Crippen LogP contribution in [0.15, 0.2) is 42.5 Å². The third-order valence-corrected chi connectivity index (χ3v) is 3.69. The van der Waals surface area contributed by atoms with E-state index in [1.165, 1.54) is 23.1 Å². The fourth-order valence-electron chi connectivity index (χ4n) is 2.38. The average molecular weight is 356 g/mol. The minimum absolute atomic E-state index is 0.154. The van der Waals surface area contributed by atoms with Gasteiger partial charge in [0.1, 0.15) is 5.69 Å². The van der Waals surface area contributed by atoms with Gasteiger partial charge in [0, 0.05) is 51.1 Å². The Kier molecular flexibility index (Phi) is 5.56.